The molecule has 0 fully saturated rings. The number of pyridine rings is 1. The molecule has 0 aliphatic carbocycles. The Balaban J connectivity index is 1.97. The molecule has 1 N–H and O–H groups in total. The normalized spacial score (nSPS) is 10.1. The number of benzene rings is 1. The van der Waals surface area contributed by atoms with Gasteiger partial charge in [-0.3, -0.25) is 14.6 Å². The minimum absolute atomic E-state index is 0.106. The highest BCUT2D eigenvalue weighted by molar-refractivity contribution is 6.01. The molecule has 0 radical (unpaired) electrons. The van der Waals surface area contributed by atoms with Gasteiger partial charge in [-0.2, -0.15) is 0 Å². The molecule has 136 valence electrons. The van der Waals surface area contributed by atoms with Gasteiger partial charge in [0.2, 0.25) is 11.8 Å². The fraction of sp³-hybridized carbons (Fsp3) is 0.263. The Hall–Kier alpha value is -3.22. The fourth-order valence-electron chi connectivity index (χ4n) is 2.39. The van der Waals surface area contributed by atoms with Crippen LogP contribution in [0.25, 0.3) is 0 Å². The van der Waals surface area contributed by atoms with Crippen LogP contribution in [0, 0.1) is 0 Å². The molecule has 2 rings (SSSR count). The highest BCUT2D eigenvalue weighted by Crippen LogP contribution is 2.16. The zero-order valence-electron chi connectivity index (χ0n) is 14.8. The van der Waals surface area contributed by atoms with Crippen molar-refractivity contribution in [3.63, 3.8) is 0 Å². The average molecular weight is 355 g/mol. The molecule has 0 saturated carbocycles. The second kappa shape index (κ2) is 9.31. The molecule has 0 aliphatic heterocycles. The lowest BCUT2D eigenvalue weighted by atomic mass is 10.1. The number of methoxy groups -OCH3 is 1. The predicted octanol–water partition coefficient (Wildman–Crippen LogP) is 2.25. The highest BCUT2D eigenvalue weighted by atomic mass is 16.5. The summed E-state index contributed by atoms with van der Waals surface area (Å²) in [5.41, 5.74) is 1.55. The van der Waals surface area contributed by atoms with Crippen LogP contribution in [0.3, 0.4) is 0 Å². The predicted molar refractivity (Wildman–Crippen MR) is 96.4 cm³/mol. The summed E-state index contributed by atoms with van der Waals surface area (Å²) in [5, 5.41) is 2.69. The van der Waals surface area contributed by atoms with Crippen LogP contribution in [0.1, 0.15) is 29.3 Å². The van der Waals surface area contributed by atoms with Crippen molar-refractivity contribution >= 4 is 23.5 Å². The van der Waals surface area contributed by atoms with Crippen LogP contribution in [0.5, 0.6) is 0 Å². The van der Waals surface area contributed by atoms with Crippen LogP contribution in [0.15, 0.2) is 48.8 Å². The van der Waals surface area contributed by atoms with Gasteiger partial charge in [-0.25, -0.2) is 4.79 Å². The number of hydrogen-bond donors (Lipinski definition) is 1. The van der Waals surface area contributed by atoms with Gasteiger partial charge in [0.1, 0.15) is 0 Å². The Morgan fingerprint density at radius 3 is 2.58 bits per heavy atom. The molecular weight excluding hydrogens is 334 g/mol. The number of anilines is 1. The summed E-state index contributed by atoms with van der Waals surface area (Å²) in [4.78, 5) is 41.4. The maximum atomic E-state index is 12.2. The zero-order valence-corrected chi connectivity index (χ0v) is 14.8. The van der Waals surface area contributed by atoms with Crippen LogP contribution >= 0.6 is 0 Å². The second-order valence-corrected chi connectivity index (χ2v) is 5.64. The van der Waals surface area contributed by atoms with Crippen molar-refractivity contribution in [2.24, 2.45) is 0 Å². The summed E-state index contributed by atoms with van der Waals surface area (Å²) in [5.74, 6) is -0.946. The third kappa shape index (κ3) is 5.41. The first-order chi connectivity index (χ1) is 12.5. The van der Waals surface area contributed by atoms with E-state index in [9.17, 15) is 14.4 Å². The van der Waals surface area contributed by atoms with Crippen molar-refractivity contribution in [2.45, 2.75) is 19.9 Å². The van der Waals surface area contributed by atoms with E-state index in [0.717, 1.165) is 5.56 Å². The number of para-hydroxylation sites is 1. The van der Waals surface area contributed by atoms with Crippen LogP contribution in [-0.4, -0.2) is 41.3 Å². The van der Waals surface area contributed by atoms with Crippen LogP contribution < -0.4 is 5.32 Å². The van der Waals surface area contributed by atoms with Gasteiger partial charge in [0.15, 0.2) is 0 Å². The Labute approximate surface area is 152 Å². The van der Waals surface area contributed by atoms with Crippen molar-refractivity contribution in [1.82, 2.24) is 9.88 Å². The molecule has 0 atom stereocenters. The van der Waals surface area contributed by atoms with Gasteiger partial charge in [0.05, 0.1) is 18.4 Å². The standard InChI is InChI=1S/C19H21N3O4/c1-14(23)22(13-15-6-5-10-20-12-15)11-9-18(24)21-17-8-4-3-7-16(17)19(25)26-2/h3-8,10,12H,9,11,13H2,1-2H3,(H,21,24). The second-order valence-electron chi connectivity index (χ2n) is 5.64. The van der Waals surface area contributed by atoms with Gasteiger partial charge >= 0.3 is 5.97 Å². The lowest BCUT2D eigenvalue weighted by Gasteiger charge is -2.21. The van der Waals surface area contributed by atoms with Crippen molar-refractivity contribution in [3.8, 4) is 0 Å². The Morgan fingerprint density at radius 1 is 1.15 bits per heavy atom. The van der Waals surface area contributed by atoms with E-state index >= 15 is 0 Å². The molecule has 0 bridgehead atoms. The van der Waals surface area contributed by atoms with E-state index in [2.05, 4.69) is 10.3 Å². The number of nitrogens with one attached hydrogen (secondary N) is 1. The van der Waals surface area contributed by atoms with Crippen molar-refractivity contribution < 1.29 is 19.1 Å². The van der Waals surface area contributed by atoms with Crippen molar-refractivity contribution in [1.29, 1.82) is 0 Å². The topological polar surface area (TPSA) is 88.6 Å². The van der Waals surface area contributed by atoms with Crippen LogP contribution in [0.4, 0.5) is 5.69 Å². The Bertz CT molecular complexity index is 777. The molecule has 7 nitrogen and oxygen atoms in total. The SMILES string of the molecule is COC(=O)c1ccccc1NC(=O)CCN(Cc1cccnc1)C(C)=O. The van der Waals surface area contributed by atoms with E-state index in [1.807, 2.05) is 6.07 Å². The molecule has 26 heavy (non-hydrogen) atoms. The first-order valence-corrected chi connectivity index (χ1v) is 8.13. The molecule has 1 aromatic heterocycles. The number of esters is 1. The van der Waals surface area contributed by atoms with Crippen molar-refractivity contribution in [2.75, 3.05) is 19.0 Å². The maximum absolute atomic E-state index is 12.2. The van der Waals surface area contributed by atoms with E-state index < -0.39 is 5.97 Å². The van der Waals surface area contributed by atoms with E-state index in [1.165, 1.54) is 14.0 Å². The fourth-order valence-corrected chi connectivity index (χ4v) is 2.39. The van der Waals surface area contributed by atoms with E-state index in [0.29, 0.717) is 12.2 Å². The lowest BCUT2D eigenvalue weighted by Crippen LogP contribution is -2.31. The van der Waals surface area contributed by atoms with Crippen molar-refractivity contribution in [3.05, 3.63) is 59.9 Å². The van der Waals surface area contributed by atoms with Gasteiger partial charge in [-0.1, -0.05) is 18.2 Å². The summed E-state index contributed by atoms with van der Waals surface area (Å²) >= 11 is 0. The van der Waals surface area contributed by atoms with Gasteiger partial charge in [0.25, 0.3) is 0 Å². The summed E-state index contributed by atoms with van der Waals surface area (Å²) in [7, 11) is 1.28. The zero-order chi connectivity index (χ0) is 18.9. The largest absolute Gasteiger partial charge is 0.465 e. The molecule has 0 unspecified atom stereocenters. The maximum Gasteiger partial charge on any atom is 0.339 e. The summed E-state index contributed by atoms with van der Waals surface area (Å²) in [6.07, 6.45) is 3.45. The summed E-state index contributed by atoms with van der Waals surface area (Å²) in [6, 6.07) is 10.3. The number of hydrogen-bond acceptors (Lipinski definition) is 5. The lowest BCUT2D eigenvalue weighted by molar-refractivity contribution is -0.129. The molecule has 0 saturated heterocycles. The van der Waals surface area contributed by atoms with E-state index in [1.54, 1.807) is 47.6 Å². The Kier molecular flexibility index (Phi) is 6.84. The third-order valence-corrected chi connectivity index (χ3v) is 3.76. The minimum atomic E-state index is -0.525. The number of amides is 2. The molecule has 7 heteroatoms. The molecule has 2 aromatic rings. The number of rotatable bonds is 7. The van der Waals surface area contributed by atoms with Crippen LogP contribution in [0.2, 0.25) is 0 Å². The molecule has 1 aromatic carbocycles. The first kappa shape index (κ1) is 19.1. The van der Waals surface area contributed by atoms with Gasteiger partial charge in [0, 0.05) is 38.8 Å². The molecular formula is C19H21N3O4. The minimum Gasteiger partial charge on any atom is -0.465 e. The molecule has 0 aliphatic rings. The van der Waals surface area contributed by atoms with Gasteiger partial charge in [-0.05, 0) is 23.8 Å². The quantitative estimate of drug-likeness (QED) is 0.770. The monoisotopic (exact) mass is 355 g/mol. The first-order valence-electron chi connectivity index (χ1n) is 8.13. The van der Waals surface area contributed by atoms with Gasteiger partial charge < -0.3 is 15.0 Å². The van der Waals surface area contributed by atoms with Crippen LogP contribution in [-0.2, 0) is 20.9 Å². The smallest absolute Gasteiger partial charge is 0.339 e. The van der Waals surface area contributed by atoms with Gasteiger partial charge in [-0.15, -0.1) is 0 Å². The summed E-state index contributed by atoms with van der Waals surface area (Å²) < 4.78 is 4.71. The number of ether oxygens (including phenoxy) is 1. The average Bonchev–Trinajstić information content (AvgIpc) is 2.65. The number of nitrogens with zero attached hydrogens (tertiary/aromatic N) is 2. The highest BCUT2D eigenvalue weighted by Gasteiger charge is 2.15. The number of carbonyl (C=O) groups is 3. The van der Waals surface area contributed by atoms with E-state index in [4.69, 9.17) is 4.74 Å². The third-order valence-electron chi connectivity index (χ3n) is 3.76. The van der Waals surface area contributed by atoms with E-state index in [-0.39, 0.29) is 30.3 Å². The molecule has 2 amide bonds. The summed E-state index contributed by atoms with van der Waals surface area (Å²) in [6.45, 7) is 2.10. The number of carbonyl (C=O) groups excluding carboxylic acids is 3. The Morgan fingerprint density at radius 2 is 1.92 bits per heavy atom. The number of aromatic nitrogens is 1. The molecule has 1 heterocycles. The molecule has 0 spiro atoms.